The lowest BCUT2D eigenvalue weighted by atomic mass is 10.1. The first-order valence-electron chi connectivity index (χ1n) is 9.93. The molecular weight excluding hydrogens is 406 g/mol. The van der Waals surface area contributed by atoms with Crippen molar-refractivity contribution in [2.45, 2.75) is 13.0 Å². The monoisotopic (exact) mass is 425 g/mol. The number of hydrogen-bond acceptors (Lipinski definition) is 5. The Hall–Kier alpha value is -4.39. The predicted molar refractivity (Wildman–Crippen MR) is 120 cm³/mol. The summed E-state index contributed by atoms with van der Waals surface area (Å²) < 4.78 is 0. The van der Waals surface area contributed by atoms with Gasteiger partial charge in [-0.1, -0.05) is 36.4 Å². The van der Waals surface area contributed by atoms with Crippen LogP contribution in [0.4, 0.5) is 5.69 Å². The fraction of sp³-hybridized carbons (Fsp3) is 0.0800. The lowest BCUT2D eigenvalue weighted by Crippen LogP contribution is -2.32. The van der Waals surface area contributed by atoms with Gasteiger partial charge in [-0.2, -0.15) is 0 Å². The fourth-order valence-electron chi connectivity index (χ4n) is 3.38. The highest BCUT2D eigenvalue weighted by Crippen LogP contribution is 2.22. The topological polar surface area (TPSA) is 100 Å². The molecule has 1 aromatic heterocycles. The van der Waals surface area contributed by atoms with Crippen LogP contribution in [-0.4, -0.2) is 32.7 Å². The van der Waals surface area contributed by atoms with E-state index >= 15 is 0 Å². The predicted octanol–water partition coefficient (Wildman–Crippen LogP) is 4.13. The number of ketones is 1. The summed E-state index contributed by atoms with van der Waals surface area (Å²) in [5.74, 6) is -1.99. The summed E-state index contributed by atoms with van der Waals surface area (Å²) >= 11 is 0. The number of carboxylic acid groups (broad SMARTS) is 1. The lowest BCUT2D eigenvalue weighted by molar-refractivity contribution is -0.117. The molecule has 1 amide bonds. The quantitative estimate of drug-likeness (QED) is 0.353. The number of benzene rings is 3. The molecule has 3 aromatic carbocycles. The molecule has 0 unspecified atom stereocenters. The molecule has 7 nitrogen and oxygen atoms in total. The van der Waals surface area contributed by atoms with E-state index in [1.807, 2.05) is 42.5 Å². The molecule has 0 radical (unpaired) electrons. The van der Waals surface area contributed by atoms with E-state index in [0.29, 0.717) is 5.69 Å². The van der Waals surface area contributed by atoms with Crippen molar-refractivity contribution in [3.63, 3.8) is 0 Å². The third-order valence-electron chi connectivity index (χ3n) is 5.01. The van der Waals surface area contributed by atoms with Crippen LogP contribution in [0.1, 0.15) is 33.0 Å². The van der Waals surface area contributed by atoms with E-state index in [-0.39, 0.29) is 17.9 Å². The van der Waals surface area contributed by atoms with Crippen molar-refractivity contribution < 1.29 is 19.5 Å². The number of fused-ring (bicyclic) bond motifs is 1. The maximum Gasteiger partial charge on any atom is 0.335 e. The van der Waals surface area contributed by atoms with Crippen LogP contribution in [-0.2, 0) is 11.3 Å². The maximum atomic E-state index is 13.1. The minimum atomic E-state index is -1.06. The third-order valence-corrected chi connectivity index (χ3v) is 5.01. The fourth-order valence-corrected chi connectivity index (χ4v) is 3.38. The van der Waals surface area contributed by atoms with Gasteiger partial charge in [-0.05, 0) is 52.7 Å². The highest BCUT2D eigenvalue weighted by Gasteiger charge is 2.22. The lowest BCUT2D eigenvalue weighted by Gasteiger charge is -2.23. The molecule has 158 valence electrons. The Morgan fingerprint density at radius 1 is 0.812 bits per heavy atom. The molecule has 32 heavy (non-hydrogen) atoms. The van der Waals surface area contributed by atoms with Gasteiger partial charge in [0.05, 0.1) is 18.5 Å². The number of rotatable bonds is 7. The smallest absolute Gasteiger partial charge is 0.335 e. The maximum absolute atomic E-state index is 13.1. The summed E-state index contributed by atoms with van der Waals surface area (Å²) in [6.07, 6.45) is 2.49. The minimum Gasteiger partial charge on any atom is -0.478 e. The van der Waals surface area contributed by atoms with Gasteiger partial charge in [-0.3, -0.25) is 9.59 Å². The summed E-state index contributed by atoms with van der Waals surface area (Å²) in [4.78, 5) is 46.2. The molecule has 0 atom stereocenters. The Bertz CT molecular complexity index is 1290. The summed E-state index contributed by atoms with van der Waals surface area (Å²) in [6.45, 7) is 0.221. The Kier molecular flexibility index (Phi) is 5.98. The van der Waals surface area contributed by atoms with Crippen LogP contribution in [0.5, 0.6) is 0 Å². The normalized spacial score (nSPS) is 10.6. The largest absolute Gasteiger partial charge is 0.478 e. The van der Waals surface area contributed by atoms with Crippen molar-refractivity contribution in [2.75, 3.05) is 4.90 Å². The number of hydrogen-bond donors (Lipinski definition) is 1. The number of nitrogens with zero attached hydrogens (tertiary/aromatic N) is 3. The molecule has 4 aromatic rings. The van der Waals surface area contributed by atoms with Gasteiger partial charge in [-0.25, -0.2) is 14.8 Å². The number of carbonyl (C=O) groups excluding carboxylic acids is 2. The average Bonchev–Trinajstić information content (AvgIpc) is 2.83. The van der Waals surface area contributed by atoms with Crippen molar-refractivity contribution in [2.24, 2.45) is 0 Å². The molecule has 4 rings (SSSR count). The molecule has 0 spiro atoms. The molecule has 0 aliphatic rings. The van der Waals surface area contributed by atoms with E-state index in [9.17, 15) is 14.4 Å². The van der Waals surface area contributed by atoms with E-state index in [1.54, 1.807) is 18.2 Å². The summed E-state index contributed by atoms with van der Waals surface area (Å²) in [5.41, 5.74) is 1.48. The van der Waals surface area contributed by atoms with Crippen molar-refractivity contribution in [3.8, 4) is 0 Å². The Morgan fingerprint density at radius 3 is 2.19 bits per heavy atom. The van der Waals surface area contributed by atoms with Gasteiger partial charge in [-0.15, -0.1) is 0 Å². The number of carbonyl (C=O) groups is 3. The van der Waals surface area contributed by atoms with Crippen molar-refractivity contribution in [3.05, 3.63) is 102 Å². The molecule has 0 saturated carbocycles. The first-order chi connectivity index (χ1) is 15.5. The zero-order chi connectivity index (χ0) is 22.5. The molecule has 0 aliphatic carbocycles. The Morgan fingerprint density at radius 2 is 1.50 bits per heavy atom. The van der Waals surface area contributed by atoms with Crippen molar-refractivity contribution in [1.29, 1.82) is 0 Å². The molecule has 1 N–H and O–H groups in total. The number of carboxylic acids is 1. The highest BCUT2D eigenvalue weighted by molar-refractivity contribution is 6.10. The third kappa shape index (κ3) is 4.67. The average molecular weight is 425 g/mol. The second-order valence-electron chi connectivity index (χ2n) is 7.19. The molecule has 0 fully saturated rings. The van der Waals surface area contributed by atoms with E-state index < -0.39 is 24.1 Å². The summed E-state index contributed by atoms with van der Waals surface area (Å²) in [7, 11) is 0. The van der Waals surface area contributed by atoms with Gasteiger partial charge in [0.25, 0.3) is 0 Å². The van der Waals surface area contributed by atoms with Crippen LogP contribution in [0.15, 0.2) is 85.2 Å². The van der Waals surface area contributed by atoms with Gasteiger partial charge < -0.3 is 10.0 Å². The first kappa shape index (κ1) is 20.9. The van der Waals surface area contributed by atoms with Crippen LogP contribution in [0.3, 0.4) is 0 Å². The van der Waals surface area contributed by atoms with Gasteiger partial charge in [0, 0.05) is 18.1 Å². The van der Waals surface area contributed by atoms with Gasteiger partial charge >= 0.3 is 5.97 Å². The van der Waals surface area contributed by atoms with E-state index in [0.717, 1.165) is 16.3 Å². The van der Waals surface area contributed by atoms with E-state index in [2.05, 4.69) is 9.97 Å². The summed E-state index contributed by atoms with van der Waals surface area (Å²) in [6, 6.07) is 21.4. The SMILES string of the molecule is O=C(O)c1ccc(N(Cc2ccc3ccccc3c2)C(=O)CC(=O)c2ncccn2)cc1. The molecule has 0 aliphatic heterocycles. The minimum absolute atomic E-state index is 0.0206. The van der Waals surface area contributed by atoms with Gasteiger partial charge in [0.1, 0.15) is 0 Å². The van der Waals surface area contributed by atoms with Crippen LogP contribution < -0.4 is 4.90 Å². The second-order valence-corrected chi connectivity index (χ2v) is 7.19. The first-order valence-corrected chi connectivity index (χ1v) is 9.93. The molecule has 0 bridgehead atoms. The molecular formula is C25H19N3O4. The summed E-state index contributed by atoms with van der Waals surface area (Å²) in [5, 5.41) is 11.3. The number of aromatic nitrogens is 2. The van der Waals surface area contributed by atoms with E-state index in [1.165, 1.54) is 29.4 Å². The number of aromatic carboxylic acids is 1. The van der Waals surface area contributed by atoms with Crippen molar-refractivity contribution in [1.82, 2.24) is 9.97 Å². The molecule has 7 heteroatoms. The molecule has 1 heterocycles. The molecule has 0 saturated heterocycles. The van der Waals surface area contributed by atoms with Crippen molar-refractivity contribution >= 4 is 34.1 Å². The standard InChI is InChI=1S/C25H19N3O4/c29-22(24-26-12-3-13-27-24)15-23(30)28(21-10-8-19(9-11-21)25(31)32)16-17-6-7-18-4-1-2-5-20(18)14-17/h1-14H,15-16H2,(H,31,32). The number of amides is 1. The zero-order valence-corrected chi connectivity index (χ0v) is 17.0. The highest BCUT2D eigenvalue weighted by atomic mass is 16.4. The number of Topliss-reactive ketones (excluding diaryl/α,β-unsaturated/α-hetero) is 1. The van der Waals surface area contributed by atoms with E-state index in [4.69, 9.17) is 5.11 Å². The second kappa shape index (κ2) is 9.18. The van der Waals surface area contributed by atoms with Crippen LogP contribution in [0.25, 0.3) is 10.8 Å². The van der Waals surface area contributed by atoms with Gasteiger partial charge in [0.2, 0.25) is 11.7 Å². The van der Waals surface area contributed by atoms with Crippen LogP contribution >= 0.6 is 0 Å². The van der Waals surface area contributed by atoms with Gasteiger partial charge in [0.15, 0.2) is 5.82 Å². The number of anilines is 1. The van der Waals surface area contributed by atoms with Crippen LogP contribution in [0.2, 0.25) is 0 Å². The zero-order valence-electron chi connectivity index (χ0n) is 17.0. The Labute approximate surface area is 184 Å². The van der Waals surface area contributed by atoms with Crippen LogP contribution in [0, 0.1) is 0 Å². The Balaban J connectivity index is 1.64.